The van der Waals surface area contributed by atoms with E-state index in [9.17, 15) is 4.79 Å². The molecule has 1 aliphatic carbocycles. The summed E-state index contributed by atoms with van der Waals surface area (Å²) in [4.78, 5) is 16.9. The first-order valence-corrected chi connectivity index (χ1v) is 4.26. The van der Waals surface area contributed by atoms with E-state index in [-0.39, 0.29) is 5.82 Å². The molecular formula is C8H11N3O2. The van der Waals surface area contributed by atoms with Crippen LogP contribution in [0, 0.1) is 0 Å². The van der Waals surface area contributed by atoms with Gasteiger partial charge in [0.1, 0.15) is 0 Å². The molecule has 3 N–H and O–H groups in total. The van der Waals surface area contributed by atoms with Crippen LogP contribution in [0.3, 0.4) is 0 Å². The van der Waals surface area contributed by atoms with E-state index >= 15 is 0 Å². The number of carboxylic acids is 1. The number of carbonyl (C=O) groups is 1. The Hall–Kier alpha value is -1.36. The Bertz CT molecular complexity index is 317. The molecule has 1 aromatic rings. The molecule has 5 nitrogen and oxygen atoms in total. The highest BCUT2D eigenvalue weighted by Crippen LogP contribution is 2.18. The first-order chi connectivity index (χ1) is 6.25. The molecule has 1 aliphatic rings. The highest BCUT2D eigenvalue weighted by atomic mass is 16.4. The topological polar surface area (TPSA) is 78.0 Å². The molecule has 70 valence electrons. The van der Waals surface area contributed by atoms with Crippen LogP contribution in [-0.4, -0.2) is 27.1 Å². The molecule has 13 heavy (non-hydrogen) atoms. The molecule has 0 aliphatic heterocycles. The summed E-state index contributed by atoms with van der Waals surface area (Å²) < 4.78 is 0. The molecule has 0 bridgehead atoms. The van der Waals surface area contributed by atoms with Gasteiger partial charge in [0, 0.05) is 18.3 Å². The number of hydrogen-bond donors (Lipinski definition) is 3. The summed E-state index contributed by atoms with van der Waals surface area (Å²) in [5.74, 6) is -1.01. The molecule has 0 saturated heterocycles. The van der Waals surface area contributed by atoms with Gasteiger partial charge in [-0.05, 0) is 12.8 Å². The van der Waals surface area contributed by atoms with Gasteiger partial charge in [-0.25, -0.2) is 9.78 Å². The van der Waals surface area contributed by atoms with E-state index in [1.165, 1.54) is 12.8 Å². The number of carboxylic acid groups (broad SMARTS) is 1. The highest BCUT2D eigenvalue weighted by molar-refractivity contribution is 5.83. The quantitative estimate of drug-likeness (QED) is 0.626. The summed E-state index contributed by atoms with van der Waals surface area (Å²) in [7, 11) is 0. The van der Waals surface area contributed by atoms with Crippen LogP contribution in [0.25, 0.3) is 0 Å². The van der Waals surface area contributed by atoms with Crippen molar-refractivity contribution >= 4 is 5.97 Å². The largest absolute Gasteiger partial charge is 0.475 e. The third kappa shape index (κ3) is 2.06. The SMILES string of the molecule is O=C(O)c1ncc(CNC2CC2)[nH]1. The summed E-state index contributed by atoms with van der Waals surface area (Å²) in [6.07, 6.45) is 4.00. The van der Waals surface area contributed by atoms with Crippen molar-refractivity contribution in [1.29, 1.82) is 0 Å². The Morgan fingerprint density at radius 2 is 2.54 bits per heavy atom. The van der Waals surface area contributed by atoms with Gasteiger partial charge in [-0.2, -0.15) is 0 Å². The first kappa shape index (κ1) is 8.25. The van der Waals surface area contributed by atoms with Gasteiger partial charge >= 0.3 is 5.97 Å². The Morgan fingerprint density at radius 3 is 3.08 bits per heavy atom. The molecule has 1 saturated carbocycles. The number of rotatable bonds is 4. The predicted octanol–water partition coefficient (Wildman–Crippen LogP) is 0.360. The Kier molecular flexibility index (Phi) is 2.02. The number of aromatic amines is 1. The molecule has 5 heteroatoms. The smallest absolute Gasteiger partial charge is 0.371 e. The molecule has 2 rings (SSSR count). The van der Waals surface area contributed by atoms with Gasteiger partial charge in [0.15, 0.2) is 0 Å². The van der Waals surface area contributed by atoms with Gasteiger partial charge in [0.05, 0.1) is 6.20 Å². The van der Waals surface area contributed by atoms with Crippen molar-refractivity contribution in [2.75, 3.05) is 0 Å². The zero-order valence-electron chi connectivity index (χ0n) is 7.08. The molecule has 1 fully saturated rings. The highest BCUT2D eigenvalue weighted by Gasteiger charge is 2.20. The van der Waals surface area contributed by atoms with Crippen molar-refractivity contribution in [2.45, 2.75) is 25.4 Å². The van der Waals surface area contributed by atoms with Gasteiger partial charge in [-0.15, -0.1) is 0 Å². The second-order valence-corrected chi connectivity index (χ2v) is 3.22. The van der Waals surface area contributed by atoms with E-state index in [2.05, 4.69) is 15.3 Å². The Balaban J connectivity index is 1.92. The van der Waals surface area contributed by atoms with Crippen molar-refractivity contribution in [2.24, 2.45) is 0 Å². The minimum absolute atomic E-state index is 0.00703. The summed E-state index contributed by atoms with van der Waals surface area (Å²) in [6, 6.07) is 0.622. The fourth-order valence-electron chi connectivity index (χ4n) is 1.10. The fraction of sp³-hybridized carbons (Fsp3) is 0.500. The van der Waals surface area contributed by atoms with Gasteiger partial charge in [0.25, 0.3) is 0 Å². The molecule has 0 unspecified atom stereocenters. The third-order valence-corrected chi connectivity index (χ3v) is 1.99. The number of nitrogens with zero attached hydrogens (tertiary/aromatic N) is 1. The van der Waals surface area contributed by atoms with Crippen LogP contribution >= 0.6 is 0 Å². The second kappa shape index (κ2) is 3.18. The number of H-pyrrole nitrogens is 1. The van der Waals surface area contributed by atoms with E-state index in [4.69, 9.17) is 5.11 Å². The van der Waals surface area contributed by atoms with Gasteiger partial charge in [-0.3, -0.25) is 0 Å². The lowest BCUT2D eigenvalue weighted by atomic mass is 10.4. The molecule has 0 radical (unpaired) electrons. The zero-order valence-corrected chi connectivity index (χ0v) is 7.08. The minimum Gasteiger partial charge on any atom is -0.475 e. The second-order valence-electron chi connectivity index (χ2n) is 3.22. The maximum Gasteiger partial charge on any atom is 0.371 e. The monoisotopic (exact) mass is 181 g/mol. The van der Waals surface area contributed by atoms with E-state index in [1.54, 1.807) is 6.20 Å². The van der Waals surface area contributed by atoms with E-state index in [0.717, 1.165) is 5.69 Å². The van der Waals surface area contributed by atoms with Gasteiger partial charge in [-0.1, -0.05) is 0 Å². The zero-order chi connectivity index (χ0) is 9.26. The standard InChI is InChI=1S/C8H11N3O2/c12-8(13)7-10-4-6(11-7)3-9-5-1-2-5/h4-5,9H,1-3H2,(H,10,11)(H,12,13). The van der Waals surface area contributed by atoms with Crippen molar-refractivity contribution in [3.8, 4) is 0 Å². The lowest BCUT2D eigenvalue weighted by Gasteiger charge is -1.97. The van der Waals surface area contributed by atoms with Crippen LogP contribution in [0.1, 0.15) is 29.2 Å². The van der Waals surface area contributed by atoms with Gasteiger partial charge < -0.3 is 15.4 Å². The first-order valence-electron chi connectivity index (χ1n) is 4.26. The Labute approximate surface area is 75.2 Å². The average molecular weight is 181 g/mol. The van der Waals surface area contributed by atoms with E-state index < -0.39 is 5.97 Å². The normalized spacial score (nSPS) is 16.0. The number of imidazole rings is 1. The number of aromatic nitrogens is 2. The minimum atomic E-state index is -1.02. The lowest BCUT2D eigenvalue weighted by Crippen LogP contribution is -2.15. The molecular weight excluding hydrogens is 170 g/mol. The summed E-state index contributed by atoms with van der Waals surface area (Å²) in [5, 5.41) is 11.8. The van der Waals surface area contributed by atoms with Crippen LogP contribution in [-0.2, 0) is 6.54 Å². The fourth-order valence-corrected chi connectivity index (χ4v) is 1.10. The van der Waals surface area contributed by atoms with Crippen molar-refractivity contribution < 1.29 is 9.90 Å². The molecule has 1 heterocycles. The summed E-state index contributed by atoms with van der Waals surface area (Å²) in [6.45, 7) is 0.672. The summed E-state index contributed by atoms with van der Waals surface area (Å²) in [5.41, 5.74) is 0.823. The van der Waals surface area contributed by atoms with Crippen LogP contribution in [0.5, 0.6) is 0 Å². The molecule has 1 aromatic heterocycles. The van der Waals surface area contributed by atoms with Crippen LogP contribution in [0.15, 0.2) is 6.20 Å². The predicted molar refractivity (Wildman–Crippen MR) is 45.4 cm³/mol. The van der Waals surface area contributed by atoms with Crippen LogP contribution < -0.4 is 5.32 Å². The number of aromatic carboxylic acids is 1. The lowest BCUT2D eigenvalue weighted by molar-refractivity contribution is 0.0684. The van der Waals surface area contributed by atoms with Crippen molar-refractivity contribution in [3.05, 3.63) is 17.7 Å². The average Bonchev–Trinajstić information content (AvgIpc) is 2.79. The van der Waals surface area contributed by atoms with Crippen molar-refractivity contribution in [1.82, 2.24) is 15.3 Å². The summed E-state index contributed by atoms with van der Waals surface area (Å²) >= 11 is 0. The third-order valence-electron chi connectivity index (χ3n) is 1.99. The van der Waals surface area contributed by atoms with Gasteiger partial charge in [0.2, 0.25) is 5.82 Å². The van der Waals surface area contributed by atoms with E-state index in [0.29, 0.717) is 12.6 Å². The molecule has 0 aromatic carbocycles. The number of nitrogens with one attached hydrogen (secondary N) is 2. The van der Waals surface area contributed by atoms with Crippen LogP contribution in [0.4, 0.5) is 0 Å². The molecule has 0 amide bonds. The maximum absolute atomic E-state index is 10.5. The molecule has 0 spiro atoms. The molecule has 0 atom stereocenters. The Morgan fingerprint density at radius 1 is 1.77 bits per heavy atom. The van der Waals surface area contributed by atoms with E-state index in [1.807, 2.05) is 0 Å². The maximum atomic E-state index is 10.5. The van der Waals surface area contributed by atoms with Crippen LogP contribution in [0.2, 0.25) is 0 Å². The number of hydrogen-bond acceptors (Lipinski definition) is 3. The van der Waals surface area contributed by atoms with Crippen molar-refractivity contribution in [3.63, 3.8) is 0 Å².